The highest BCUT2D eigenvalue weighted by molar-refractivity contribution is 14.1. The Labute approximate surface area is 123 Å². The molecule has 2 rings (SSSR count). The molecule has 5 heteroatoms. The highest BCUT2D eigenvalue weighted by atomic mass is 127. The topological polar surface area (TPSA) is 49.3 Å². The molecule has 0 saturated heterocycles. The summed E-state index contributed by atoms with van der Waals surface area (Å²) in [5, 5.41) is 11.9. The molecule has 2 N–H and O–H groups in total. The second-order valence-corrected chi connectivity index (χ2v) is 5.22. The molecule has 0 spiro atoms. The maximum Gasteiger partial charge on any atom is 0.335 e. The number of anilines is 1. The third kappa shape index (κ3) is 3.66. The molecule has 98 valence electrons. The number of hydrogen-bond donors (Lipinski definition) is 2. The lowest BCUT2D eigenvalue weighted by molar-refractivity contribution is 0.0696. The first-order valence-corrected chi connectivity index (χ1v) is 6.65. The van der Waals surface area contributed by atoms with Gasteiger partial charge < -0.3 is 10.4 Å². The van der Waals surface area contributed by atoms with E-state index in [4.69, 9.17) is 5.11 Å². The molecule has 0 fully saturated rings. The molecule has 0 radical (unpaired) electrons. The van der Waals surface area contributed by atoms with E-state index in [2.05, 4.69) is 27.9 Å². The van der Waals surface area contributed by atoms with Crippen molar-refractivity contribution < 1.29 is 14.3 Å². The summed E-state index contributed by atoms with van der Waals surface area (Å²) in [4.78, 5) is 10.8. The van der Waals surface area contributed by atoms with Crippen molar-refractivity contribution in [3.05, 3.63) is 63.0 Å². The number of nitrogens with one attached hydrogen (secondary N) is 1. The standard InChI is InChI=1S/C14H11FINO2/c15-13-6-1-9(14(18)19)7-10(13)8-17-12-4-2-11(16)3-5-12/h1-7,17H,8H2,(H,18,19). The van der Waals surface area contributed by atoms with Gasteiger partial charge in [0.2, 0.25) is 0 Å². The molecule has 19 heavy (non-hydrogen) atoms. The first kappa shape index (κ1) is 13.8. The zero-order chi connectivity index (χ0) is 13.8. The molecule has 0 atom stereocenters. The fourth-order valence-corrected chi connectivity index (χ4v) is 1.97. The normalized spacial score (nSPS) is 10.2. The number of carboxylic acids is 1. The van der Waals surface area contributed by atoms with Crippen LogP contribution in [0.15, 0.2) is 42.5 Å². The molecule has 0 amide bonds. The van der Waals surface area contributed by atoms with E-state index in [0.717, 1.165) is 9.26 Å². The van der Waals surface area contributed by atoms with E-state index in [-0.39, 0.29) is 12.1 Å². The Morgan fingerprint density at radius 2 is 1.89 bits per heavy atom. The smallest absolute Gasteiger partial charge is 0.335 e. The van der Waals surface area contributed by atoms with Gasteiger partial charge in [-0.05, 0) is 65.1 Å². The molecule has 2 aromatic carbocycles. The van der Waals surface area contributed by atoms with Crippen molar-refractivity contribution in [2.24, 2.45) is 0 Å². The average molecular weight is 371 g/mol. The SMILES string of the molecule is O=C(O)c1ccc(F)c(CNc2ccc(I)cc2)c1. The molecule has 0 aromatic heterocycles. The van der Waals surface area contributed by atoms with Crippen molar-refractivity contribution in [2.45, 2.75) is 6.54 Å². The van der Waals surface area contributed by atoms with Gasteiger partial charge in [0.15, 0.2) is 0 Å². The summed E-state index contributed by atoms with van der Waals surface area (Å²) >= 11 is 2.20. The van der Waals surface area contributed by atoms with E-state index in [0.29, 0.717) is 5.56 Å². The number of hydrogen-bond acceptors (Lipinski definition) is 2. The minimum absolute atomic E-state index is 0.0841. The predicted molar refractivity (Wildman–Crippen MR) is 79.8 cm³/mol. The fourth-order valence-electron chi connectivity index (χ4n) is 1.61. The highest BCUT2D eigenvalue weighted by Gasteiger charge is 2.08. The lowest BCUT2D eigenvalue weighted by atomic mass is 10.1. The third-order valence-corrected chi connectivity index (χ3v) is 3.34. The molecule has 0 aliphatic heterocycles. The van der Waals surface area contributed by atoms with Crippen LogP contribution in [0.4, 0.5) is 10.1 Å². The van der Waals surface area contributed by atoms with E-state index in [1.54, 1.807) is 0 Å². The van der Waals surface area contributed by atoms with Gasteiger partial charge in [-0.15, -0.1) is 0 Å². The third-order valence-electron chi connectivity index (χ3n) is 2.62. The monoisotopic (exact) mass is 371 g/mol. The van der Waals surface area contributed by atoms with Crippen molar-refractivity contribution in [3.63, 3.8) is 0 Å². The minimum Gasteiger partial charge on any atom is -0.478 e. The van der Waals surface area contributed by atoms with Crippen LogP contribution >= 0.6 is 22.6 Å². The van der Waals surface area contributed by atoms with Gasteiger partial charge >= 0.3 is 5.97 Å². The van der Waals surface area contributed by atoms with Gasteiger partial charge in [0, 0.05) is 21.4 Å². The summed E-state index contributed by atoms with van der Waals surface area (Å²) in [6.07, 6.45) is 0. The minimum atomic E-state index is -1.06. The zero-order valence-electron chi connectivity index (χ0n) is 9.86. The van der Waals surface area contributed by atoms with Crippen LogP contribution in [0, 0.1) is 9.39 Å². The second-order valence-electron chi connectivity index (χ2n) is 3.97. The van der Waals surface area contributed by atoms with Crippen molar-refractivity contribution in [2.75, 3.05) is 5.32 Å². The summed E-state index contributed by atoms with van der Waals surface area (Å²) in [6, 6.07) is 11.4. The maximum atomic E-state index is 13.6. The Balaban J connectivity index is 2.12. The number of rotatable bonds is 4. The van der Waals surface area contributed by atoms with Gasteiger partial charge in [-0.2, -0.15) is 0 Å². The molecule has 0 bridgehead atoms. The van der Waals surface area contributed by atoms with E-state index in [1.807, 2.05) is 24.3 Å². The lowest BCUT2D eigenvalue weighted by Crippen LogP contribution is -2.05. The van der Waals surface area contributed by atoms with Gasteiger partial charge in [0.25, 0.3) is 0 Å². The van der Waals surface area contributed by atoms with Crippen LogP contribution in [-0.4, -0.2) is 11.1 Å². The number of carbonyl (C=O) groups is 1. The van der Waals surface area contributed by atoms with Crippen molar-refractivity contribution in [1.82, 2.24) is 0 Å². The van der Waals surface area contributed by atoms with Gasteiger partial charge in [-0.3, -0.25) is 0 Å². The van der Waals surface area contributed by atoms with Crippen molar-refractivity contribution >= 4 is 34.2 Å². The molecular weight excluding hydrogens is 360 g/mol. The quantitative estimate of drug-likeness (QED) is 0.806. The highest BCUT2D eigenvalue weighted by Crippen LogP contribution is 2.15. The molecule has 3 nitrogen and oxygen atoms in total. The van der Waals surface area contributed by atoms with Crippen LogP contribution in [0.1, 0.15) is 15.9 Å². The average Bonchev–Trinajstić information content (AvgIpc) is 2.39. The number of aromatic carboxylic acids is 1. The van der Waals surface area contributed by atoms with E-state index in [1.165, 1.54) is 18.2 Å². The lowest BCUT2D eigenvalue weighted by Gasteiger charge is -2.08. The molecule has 0 aliphatic rings. The largest absolute Gasteiger partial charge is 0.478 e. The first-order valence-electron chi connectivity index (χ1n) is 5.57. The van der Waals surface area contributed by atoms with Crippen LogP contribution in [0.25, 0.3) is 0 Å². The van der Waals surface area contributed by atoms with Crippen LogP contribution in [0.3, 0.4) is 0 Å². The van der Waals surface area contributed by atoms with Crippen LogP contribution in [0.5, 0.6) is 0 Å². The summed E-state index contributed by atoms with van der Waals surface area (Å²) in [5.41, 5.74) is 1.28. The Kier molecular flexibility index (Phi) is 4.36. The summed E-state index contributed by atoms with van der Waals surface area (Å²) in [7, 11) is 0. The van der Waals surface area contributed by atoms with E-state index < -0.39 is 11.8 Å². The Morgan fingerprint density at radius 1 is 1.21 bits per heavy atom. The van der Waals surface area contributed by atoms with E-state index >= 15 is 0 Å². The summed E-state index contributed by atoms with van der Waals surface area (Å²) in [5.74, 6) is -1.47. The van der Waals surface area contributed by atoms with Gasteiger partial charge in [-0.1, -0.05) is 0 Å². The molecule has 0 unspecified atom stereocenters. The first-order chi connectivity index (χ1) is 9.06. The Morgan fingerprint density at radius 3 is 2.53 bits per heavy atom. The van der Waals surface area contributed by atoms with Crippen molar-refractivity contribution in [3.8, 4) is 0 Å². The molecule has 0 heterocycles. The van der Waals surface area contributed by atoms with Gasteiger partial charge in [0.1, 0.15) is 5.82 Å². The number of halogens is 2. The van der Waals surface area contributed by atoms with Gasteiger partial charge in [0.05, 0.1) is 5.56 Å². The van der Waals surface area contributed by atoms with Gasteiger partial charge in [-0.25, -0.2) is 9.18 Å². The Bertz CT molecular complexity index is 599. The van der Waals surface area contributed by atoms with Crippen LogP contribution in [0.2, 0.25) is 0 Å². The Hall–Kier alpha value is -1.63. The summed E-state index contributed by atoms with van der Waals surface area (Å²) < 4.78 is 14.7. The molecular formula is C14H11FINO2. The second kappa shape index (κ2) is 6.01. The van der Waals surface area contributed by atoms with E-state index in [9.17, 15) is 9.18 Å². The maximum absolute atomic E-state index is 13.6. The molecule has 2 aromatic rings. The fraction of sp³-hybridized carbons (Fsp3) is 0.0714. The predicted octanol–water partition coefficient (Wildman–Crippen LogP) is 3.74. The zero-order valence-corrected chi connectivity index (χ0v) is 12.0. The van der Waals surface area contributed by atoms with Crippen molar-refractivity contribution in [1.29, 1.82) is 0 Å². The molecule has 0 aliphatic carbocycles. The molecule has 0 saturated carbocycles. The summed E-state index contributed by atoms with van der Waals surface area (Å²) in [6.45, 7) is 0.244. The van der Waals surface area contributed by atoms with Crippen LogP contribution < -0.4 is 5.32 Å². The number of carboxylic acid groups (broad SMARTS) is 1. The van der Waals surface area contributed by atoms with Crippen LogP contribution in [-0.2, 0) is 6.54 Å². The number of benzene rings is 2.